The molecule has 0 aliphatic rings. The lowest BCUT2D eigenvalue weighted by atomic mass is 10.2. The van der Waals surface area contributed by atoms with Crippen molar-refractivity contribution in [1.29, 1.82) is 0 Å². The molecule has 0 radical (unpaired) electrons. The molecule has 0 bridgehead atoms. The lowest BCUT2D eigenvalue weighted by Gasteiger charge is -2.04. The summed E-state index contributed by atoms with van der Waals surface area (Å²) < 4.78 is 0. The molecule has 0 atom stereocenters. The maximum Gasteiger partial charge on any atom is 0.171 e. The van der Waals surface area contributed by atoms with Gasteiger partial charge in [0.2, 0.25) is 0 Å². The maximum atomic E-state index is 8.49. The van der Waals surface area contributed by atoms with Crippen molar-refractivity contribution in [1.82, 2.24) is 4.98 Å². The first-order valence-electron chi connectivity index (χ1n) is 5.20. The standard InChI is InChI=1S/C11H17N3OS/c1-8(2)5-6-16-10-4-3-9(7-13-10)11(12)14-15/h3-4,7-8,15H,5-6H2,1-2H3,(H2,12,14). The third-order valence-electron chi connectivity index (χ3n) is 2.08. The normalized spacial score (nSPS) is 12.1. The Bertz CT molecular complexity index is 349. The van der Waals surface area contributed by atoms with Crippen LogP contribution in [0.3, 0.4) is 0 Å². The van der Waals surface area contributed by atoms with Gasteiger partial charge in [0.1, 0.15) is 0 Å². The topological polar surface area (TPSA) is 71.5 Å². The summed E-state index contributed by atoms with van der Waals surface area (Å²) in [7, 11) is 0. The van der Waals surface area contributed by atoms with Crippen LogP contribution in [0.4, 0.5) is 0 Å². The van der Waals surface area contributed by atoms with Crippen LogP contribution in [0.25, 0.3) is 0 Å². The van der Waals surface area contributed by atoms with Crippen LogP contribution in [-0.4, -0.2) is 21.8 Å². The van der Waals surface area contributed by atoms with Gasteiger partial charge < -0.3 is 10.9 Å². The molecule has 0 amide bonds. The maximum absolute atomic E-state index is 8.49. The molecule has 0 spiro atoms. The quantitative estimate of drug-likeness (QED) is 0.272. The van der Waals surface area contributed by atoms with Crippen LogP contribution in [0.15, 0.2) is 28.5 Å². The summed E-state index contributed by atoms with van der Waals surface area (Å²) in [5.41, 5.74) is 6.07. The second kappa shape index (κ2) is 6.37. The van der Waals surface area contributed by atoms with Gasteiger partial charge in [-0.1, -0.05) is 19.0 Å². The summed E-state index contributed by atoms with van der Waals surface area (Å²) in [6.07, 6.45) is 2.79. The fraction of sp³-hybridized carbons (Fsp3) is 0.455. The van der Waals surface area contributed by atoms with Gasteiger partial charge in [0, 0.05) is 11.8 Å². The summed E-state index contributed by atoms with van der Waals surface area (Å²) in [5, 5.41) is 12.4. The Labute approximate surface area is 99.9 Å². The Hall–Kier alpha value is -1.23. The van der Waals surface area contributed by atoms with E-state index in [4.69, 9.17) is 10.9 Å². The molecule has 3 N–H and O–H groups in total. The van der Waals surface area contributed by atoms with Gasteiger partial charge in [-0.2, -0.15) is 0 Å². The van der Waals surface area contributed by atoms with Crippen LogP contribution < -0.4 is 5.73 Å². The van der Waals surface area contributed by atoms with Gasteiger partial charge in [-0.25, -0.2) is 4.98 Å². The fourth-order valence-corrected chi connectivity index (χ4v) is 2.16. The van der Waals surface area contributed by atoms with Crippen LogP contribution in [0.5, 0.6) is 0 Å². The monoisotopic (exact) mass is 239 g/mol. The van der Waals surface area contributed by atoms with Gasteiger partial charge in [-0.3, -0.25) is 0 Å². The number of pyridine rings is 1. The Morgan fingerprint density at radius 2 is 2.31 bits per heavy atom. The highest BCUT2D eigenvalue weighted by molar-refractivity contribution is 7.99. The van der Waals surface area contributed by atoms with Crippen LogP contribution in [0, 0.1) is 5.92 Å². The molecule has 0 unspecified atom stereocenters. The minimum Gasteiger partial charge on any atom is -0.409 e. The zero-order chi connectivity index (χ0) is 12.0. The van der Waals surface area contributed by atoms with E-state index in [9.17, 15) is 0 Å². The summed E-state index contributed by atoms with van der Waals surface area (Å²) in [5.74, 6) is 1.86. The molecule has 0 aliphatic carbocycles. The minimum absolute atomic E-state index is 0.0891. The summed E-state index contributed by atoms with van der Waals surface area (Å²) in [4.78, 5) is 4.24. The Kier molecular flexibility index (Phi) is 5.11. The van der Waals surface area contributed by atoms with Gasteiger partial charge >= 0.3 is 0 Å². The zero-order valence-electron chi connectivity index (χ0n) is 9.55. The summed E-state index contributed by atoms with van der Waals surface area (Å²) in [6, 6.07) is 3.69. The Morgan fingerprint density at radius 3 is 2.81 bits per heavy atom. The molecule has 1 heterocycles. The van der Waals surface area contributed by atoms with E-state index in [1.807, 2.05) is 6.07 Å². The zero-order valence-corrected chi connectivity index (χ0v) is 10.4. The highest BCUT2D eigenvalue weighted by Crippen LogP contribution is 2.18. The number of nitrogens with two attached hydrogens (primary N) is 1. The van der Waals surface area contributed by atoms with Crippen molar-refractivity contribution >= 4 is 17.6 Å². The third kappa shape index (κ3) is 4.10. The Balaban J connectivity index is 2.52. The molecule has 0 saturated carbocycles. The first-order chi connectivity index (χ1) is 7.63. The molecular formula is C11H17N3OS. The predicted octanol–water partition coefficient (Wildman–Crippen LogP) is 2.31. The molecule has 0 aliphatic heterocycles. The fourth-order valence-electron chi connectivity index (χ4n) is 1.07. The van der Waals surface area contributed by atoms with E-state index in [0.29, 0.717) is 11.5 Å². The first kappa shape index (κ1) is 12.8. The molecular weight excluding hydrogens is 222 g/mol. The number of amidine groups is 1. The van der Waals surface area contributed by atoms with E-state index in [1.165, 1.54) is 6.42 Å². The second-order valence-electron chi connectivity index (χ2n) is 3.90. The number of aromatic nitrogens is 1. The van der Waals surface area contributed by atoms with Crippen LogP contribution in [-0.2, 0) is 0 Å². The molecule has 0 fully saturated rings. The van der Waals surface area contributed by atoms with Crippen molar-refractivity contribution in [3.63, 3.8) is 0 Å². The molecule has 5 heteroatoms. The van der Waals surface area contributed by atoms with Crippen LogP contribution in [0.2, 0.25) is 0 Å². The average molecular weight is 239 g/mol. The smallest absolute Gasteiger partial charge is 0.171 e. The number of nitrogens with zero attached hydrogens (tertiary/aromatic N) is 2. The van der Waals surface area contributed by atoms with Crippen LogP contribution >= 0.6 is 11.8 Å². The molecule has 0 aromatic carbocycles. The van der Waals surface area contributed by atoms with Gasteiger partial charge in [-0.05, 0) is 30.2 Å². The molecule has 1 rings (SSSR count). The van der Waals surface area contributed by atoms with E-state index < -0.39 is 0 Å². The third-order valence-corrected chi connectivity index (χ3v) is 3.06. The van der Waals surface area contributed by atoms with Crippen molar-refractivity contribution in [2.75, 3.05) is 5.75 Å². The number of thioether (sulfide) groups is 1. The van der Waals surface area contributed by atoms with E-state index >= 15 is 0 Å². The van der Waals surface area contributed by atoms with E-state index in [-0.39, 0.29) is 5.84 Å². The second-order valence-corrected chi connectivity index (χ2v) is 5.02. The molecule has 16 heavy (non-hydrogen) atoms. The summed E-state index contributed by atoms with van der Waals surface area (Å²) in [6.45, 7) is 4.41. The van der Waals surface area contributed by atoms with Crippen molar-refractivity contribution in [2.45, 2.75) is 25.3 Å². The van der Waals surface area contributed by atoms with Crippen molar-refractivity contribution in [3.05, 3.63) is 23.9 Å². The number of oxime groups is 1. The van der Waals surface area contributed by atoms with Crippen molar-refractivity contribution in [3.8, 4) is 0 Å². The van der Waals surface area contributed by atoms with E-state index in [0.717, 1.165) is 10.8 Å². The highest BCUT2D eigenvalue weighted by Gasteiger charge is 2.01. The Morgan fingerprint density at radius 1 is 1.56 bits per heavy atom. The SMILES string of the molecule is CC(C)CCSc1ccc(/C(N)=N/O)cn1. The number of rotatable bonds is 5. The van der Waals surface area contributed by atoms with E-state index in [2.05, 4.69) is 24.0 Å². The lowest BCUT2D eigenvalue weighted by molar-refractivity contribution is 0.318. The highest BCUT2D eigenvalue weighted by atomic mass is 32.2. The number of hydrogen-bond acceptors (Lipinski definition) is 4. The van der Waals surface area contributed by atoms with Crippen molar-refractivity contribution < 1.29 is 5.21 Å². The average Bonchev–Trinajstić information content (AvgIpc) is 2.28. The summed E-state index contributed by atoms with van der Waals surface area (Å²) >= 11 is 1.72. The minimum atomic E-state index is 0.0891. The van der Waals surface area contributed by atoms with Gasteiger partial charge in [0.05, 0.1) is 5.03 Å². The number of hydrogen-bond donors (Lipinski definition) is 2. The molecule has 4 nitrogen and oxygen atoms in total. The lowest BCUT2D eigenvalue weighted by Crippen LogP contribution is -2.13. The molecule has 0 saturated heterocycles. The molecule has 88 valence electrons. The van der Waals surface area contributed by atoms with Crippen LogP contribution in [0.1, 0.15) is 25.8 Å². The first-order valence-corrected chi connectivity index (χ1v) is 6.18. The van der Waals surface area contributed by atoms with Gasteiger partial charge in [0.25, 0.3) is 0 Å². The predicted molar refractivity (Wildman–Crippen MR) is 66.9 cm³/mol. The van der Waals surface area contributed by atoms with Crippen molar-refractivity contribution in [2.24, 2.45) is 16.8 Å². The van der Waals surface area contributed by atoms with Gasteiger partial charge in [-0.15, -0.1) is 11.8 Å². The van der Waals surface area contributed by atoms with Gasteiger partial charge in [0.15, 0.2) is 5.84 Å². The molecule has 1 aromatic rings. The van der Waals surface area contributed by atoms with E-state index in [1.54, 1.807) is 24.0 Å². The molecule has 1 aromatic heterocycles. The largest absolute Gasteiger partial charge is 0.409 e.